The second-order valence-corrected chi connectivity index (χ2v) is 6.23. The molecule has 4 heteroatoms. The zero-order valence-electron chi connectivity index (χ0n) is 11.6. The molecule has 0 radical (unpaired) electrons. The van der Waals surface area contributed by atoms with E-state index in [4.69, 9.17) is 4.98 Å². The minimum Gasteiger partial charge on any atom is -0.314 e. The molecule has 1 aliphatic heterocycles. The second kappa shape index (κ2) is 6.02. The molecule has 0 saturated carbocycles. The van der Waals surface area contributed by atoms with Crippen LogP contribution in [-0.4, -0.2) is 22.6 Å². The van der Waals surface area contributed by atoms with Gasteiger partial charge in [-0.3, -0.25) is 0 Å². The molecule has 2 aromatic rings. The first-order valence-corrected chi connectivity index (χ1v) is 7.84. The molecule has 1 aromatic carbocycles. The number of aryl methyl sites for hydroxylation is 1. The van der Waals surface area contributed by atoms with Crippen LogP contribution in [0.4, 0.5) is 0 Å². The largest absolute Gasteiger partial charge is 0.314 e. The third-order valence-electron chi connectivity index (χ3n) is 3.63. The van der Waals surface area contributed by atoms with Crippen molar-refractivity contribution in [2.24, 2.45) is 0 Å². The maximum atomic E-state index is 4.73. The fraction of sp³-hybridized carbons (Fsp3) is 0.375. The van der Waals surface area contributed by atoms with E-state index in [1.165, 1.54) is 12.8 Å². The number of benzene rings is 1. The standard InChI is InChI=1S/C16H18BrN3/c1-11-9-15(12-4-6-13(17)7-5-12)20-16(19-11)10-14-3-2-8-18-14/h4-7,9,14,18H,2-3,8,10H2,1H3. The van der Waals surface area contributed by atoms with Crippen LogP contribution in [0.3, 0.4) is 0 Å². The normalized spacial score (nSPS) is 18.4. The van der Waals surface area contributed by atoms with E-state index in [2.05, 4.69) is 44.4 Å². The smallest absolute Gasteiger partial charge is 0.130 e. The highest BCUT2D eigenvalue weighted by molar-refractivity contribution is 9.10. The Bertz CT molecular complexity index is 589. The molecule has 0 amide bonds. The van der Waals surface area contributed by atoms with Gasteiger partial charge in [0, 0.05) is 28.2 Å². The molecule has 1 atom stereocenters. The fourth-order valence-corrected chi connectivity index (χ4v) is 2.91. The first-order chi connectivity index (χ1) is 9.70. The number of hydrogen-bond donors (Lipinski definition) is 1. The van der Waals surface area contributed by atoms with Gasteiger partial charge in [-0.25, -0.2) is 9.97 Å². The molecule has 2 heterocycles. The SMILES string of the molecule is Cc1cc(-c2ccc(Br)cc2)nc(CC2CCCN2)n1. The molecule has 0 aliphatic carbocycles. The molecule has 1 aliphatic rings. The van der Waals surface area contributed by atoms with Gasteiger partial charge in [0.25, 0.3) is 0 Å². The summed E-state index contributed by atoms with van der Waals surface area (Å²) in [6.45, 7) is 3.16. The third-order valence-corrected chi connectivity index (χ3v) is 4.16. The molecule has 1 N–H and O–H groups in total. The van der Waals surface area contributed by atoms with Gasteiger partial charge in [-0.05, 0) is 44.5 Å². The Labute approximate surface area is 128 Å². The minimum atomic E-state index is 0.537. The third kappa shape index (κ3) is 3.25. The average Bonchev–Trinajstić information content (AvgIpc) is 2.91. The summed E-state index contributed by atoms with van der Waals surface area (Å²) in [4.78, 5) is 9.31. The summed E-state index contributed by atoms with van der Waals surface area (Å²) in [5.74, 6) is 0.947. The van der Waals surface area contributed by atoms with Crippen molar-refractivity contribution in [1.29, 1.82) is 0 Å². The predicted molar refractivity (Wildman–Crippen MR) is 84.6 cm³/mol. The Morgan fingerprint density at radius 1 is 1.25 bits per heavy atom. The van der Waals surface area contributed by atoms with Gasteiger partial charge in [-0.1, -0.05) is 28.1 Å². The van der Waals surface area contributed by atoms with Crippen molar-refractivity contribution in [3.05, 3.63) is 46.3 Å². The lowest BCUT2D eigenvalue weighted by atomic mass is 10.1. The number of hydrogen-bond acceptors (Lipinski definition) is 3. The van der Waals surface area contributed by atoms with Crippen LogP contribution in [0, 0.1) is 6.92 Å². The number of rotatable bonds is 3. The number of nitrogens with one attached hydrogen (secondary N) is 1. The fourth-order valence-electron chi connectivity index (χ4n) is 2.64. The average molecular weight is 332 g/mol. The van der Waals surface area contributed by atoms with E-state index in [-0.39, 0.29) is 0 Å². The summed E-state index contributed by atoms with van der Waals surface area (Å²) >= 11 is 3.46. The van der Waals surface area contributed by atoms with Crippen molar-refractivity contribution in [2.75, 3.05) is 6.54 Å². The van der Waals surface area contributed by atoms with Crippen molar-refractivity contribution in [3.8, 4) is 11.3 Å². The molecular formula is C16H18BrN3. The Morgan fingerprint density at radius 3 is 2.75 bits per heavy atom. The molecule has 1 fully saturated rings. The monoisotopic (exact) mass is 331 g/mol. The van der Waals surface area contributed by atoms with Gasteiger partial charge in [0.1, 0.15) is 5.82 Å². The molecule has 1 unspecified atom stereocenters. The van der Waals surface area contributed by atoms with Crippen molar-refractivity contribution in [3.63, 3.8) is 0 Å². The van der Waals surface area contributed by atoms with Gasteiger partial charge in [0.2, 0.25) is 0 Å². The van der Waals surface area contributed by atoms with Gasteiger partial charge >= 0.3 is 0 Å². The van der Waals surface area contributed by atoms with E-state index in [1.807, 2.05) is 19.1 Å². The molecule has 1 saturated heterocycles. The Kier molecular flexibility index (Phi) is 4.13. The van der Waals surface area contributed by atoms with Gasteiger partial charge in [0.05, 0.1) is 5.69 Å². The summed E-state index contributed by atoms with van der Waals surface area (Å²) in [6.07, 6.45) is 3.41. The predicted octanol–water partition coefficient (Wildman–Crippen LogP) is 3.51. The Morgan fingerprint density at radius 2 is 2.05 bits per heavy atom. The second-order valence-electron chi connectivity index (χ2n) is 5.32. The van der Waals surface area contributed by atoms with E-state index < -0.39 is 0 Å². The topological polar surface area (TPSA) is 37.8 Å². The van der Waals surface area contributed by atoms with Crippen LogP contribution in [0.15, 0.2) is 34.8 Å². The number of halogens is 1. The van der Waals surface area contributed by atoms with E-state index >= 15 is 0 Å². The molecule has 0 spiro atoms. The van der Waals surface area contributed by atoms with E-state index in [9.17, 15) is 0 Å². The Hall–Kier alpha value is -1.26. The van der Waals surface area contributed by atoms with Crippen molar-refractivity contribution >= 4 is 15.9 Å². The van der Waals surface area contributed by atoms with Crippen LogP contribution in [-0.2, 0) is 6.42 Å². The molecular weight excluding hydrogens is 314 g/mol. The van der Waals surface area contributed by atoms with E-state index in [1.54, 1.807) is 0 Å². The maximum Gasteiger partial charge on any atom is 0.130 e. The number of aromatic nitrogens is 2. The van der Waals surface area contributed by atoms with E-state index in [0.717, 1.165) is 40.2 Å². The van der Waals surface area contributed by atoms with Gasteiger partial charge in [-0.15, -0.1) is 0 Å². The summed E-state index contributed by atoms with van der Waals surface area (Å²) in [6, 6.07) is 10.9. The summed E-state index contributed by atoms with van der Waals surface area (Å²) in [5, 5.41) is 3.51. The van der Waals surface area contributed by atoms with Crippen LogP contribution >= 0.6 is 15.9 Å². The van der Waals surface area contributed by atoms with Crippen LogP contribution < -0.4 is 5.32 Å². The number of nitrogens with zero attached hydrogens (tertiary/aromatic N) is 2. The molecule has 20 heavy (non-hydrogen) atoms. The van der Waals surface area contributed by atoms with Gasteiger partial charge < -0.3 is 5.32 Å². The van der Waals surface area contributed by atoms with Crippen molar-refractivity contribution in [1.82, 2.24) is 15.3 Å². The summed E-state index contributed by atoms with van der Waals surface area (Å²) in [7, 11) is 0. The molecule has 3 nitrogen and oxygen atoms in total. The lowest BCUT2D eigenvalue weighted by Crippen LogP contribution is -2.24. The van der Waals surface area contributed by atoms with Crippen LogP contribution in [0.1, 0.15) is 24.4 Å². The maximum absolute atomic E-state index is 4.73. The lowest BCUT2D eigenvalue weighted by molar-refractivity contribution is 0.584. The van der Waals surface area contributed by atoms with Crippen LogP contribution in [0.25, 0.3) is 11.3 Å². The highest BCUT2D eigenvalue weighted by atomic mass is 79.9. The zero-order chi connectivity index (χ0) is 13.9. The highest BCUT2D eigenvalue weighted by Gasteiger charge is 2.16. The lowest BCUT2D eigenvalue weighted by Gasteiger charge is -2.11. The van der Waals surface area contributed by atoms with Crippen LogP contribution in [0.2, 0.25) is 0 Å². The summed E-state index contributed by atoms with van der Waals surface area (Å²) < 4.78 is 1.09. The first kappa shape index (κ1) is 13.7. The van der Waals surface area contributed by atoms with Crippen molar-refractivity contribution < 1.29 is 0 Å². The first-order valence-electron chi connectivity index (χ1n) is 7.04. The summed E-state index contributed by atoms with van der Waals surface area (Å²) in [5.41, 5.74) is 3.18. The van der Waals surface area contributed by atoms with Crippen molar-refractivity contribution in [2.45, 2.75) is 32.2 Å². The van der Waals surface area contributed by atoms with E-state index in [0.29, 0.717) is 6.04 Å². The molecule has 0 bridgehead atoms. The molecule has 104 valence electrons. The zero-order valence-corrected chi connectivity index (χ0v) is 13.2. The highest BCUT2D eigenvalue weighted by Crippen LogP contribution is 2.21. The van der Waals surface area contributed by atoms with Crippen LogP contribution in [0.5, 0.6) is 0 Å². The Balaban J connectivity index is 1.87. The molecule has 1 aromatic heterocycles. The molecule has 3 rings (SSSR count). The minimum absolute atomic E-state index is 0.537. The van der Waals surface area contributed by atoms with Gasteiger partial charge in [-0.2, -0.15) is 0 Å². The quantitative estimate of drug-likeness (QED) is 0.935. The van der Waals surface area contributed by atoms with Gasteiger partial charge in [0.15, 0.2) is 0 Å².